The van der Waals surface area contributed by atoms with Crippen LogP contribution < -0.4 is 22.3 Å². The highest BCUT2D eigenvalue weighted by molar-refractivity contribution is 7.80. The van der Waals surface area contributed by atoms with Gasteiger partial charge in [0.05, 0.1) is 11.0 Å². The van der Waals surface area contributed by atoms with Crippen LogP contribution in [-0.2, 0) is 13.6 Å². The number of nitrogens with two attached hydrogens (primary N) is 1. The summed E-state index contributed by atoms with van der Waals surface area (Å²) in [6, 6.07) is 3.90. The molecule has 0 spiro atoms. The van der Waals surface area contributed by atoms with Crippen LogP contribution in [0.3, 0.4) is 0 Å². The van der Waals surface area contributed by atoms with Crippen molar-refractivity contribution in [3.63, 3.8) is 0 Å². The zero-order valence-corrected chi connectivity index (χ0v) is 15.0. The molecule has 2 aliphatic heterocycles. The quantitative estimate of drug-likeness (QED) is 0.503. The number of hydrogen-bond donors (Lipinski definition) is 2. The smallest absolute Gasteiger partial charge is 0.352 e. The van der Waals surface area contributed by atoms with Gasteiger partial charge in [-0.05, 0) is 49.3 Å². The maximum absolute atomic E-state index is 12.5. The molecule has 3 rings (SSSR count). The van der Waals surface area contributed by atoms with Crippen molar-refractivity contribution in [1.29, 1.82) is 0 Å². The molecule has 8 nitrogen and oxygen atoms in total. The molecule has 0 unspecified atom stereocenters. The Labute approximate surface area is 148 Å². The van der Waals surface area contributed by atoms with Crippen molar-refractivity contribution < 1.29 is 0 Å². The van der Waals surface area contributed by atoms with Crippen LogP contribution in [0.1, 0.15) is 11.1 Å². The molecule has 0 amide bonds. The summed E-state index contributed by atoms with van der Waals surface area (Å²) in [6.07, 6.45) is 0. The second kappa shape index (κ2) is 6.25. The molecule has 0 saturated carbocycles. The van der Waals surface area contributed by atoms with Gasteiger partial charge in [-0.25, -0.2) is 9.78 Å². The molecule has 25 heavy (non-hydrogen) atoms. The number of aromatic nitrogens is 4. The Kier molecular flexibility index (Phi) is 4.25. The van der Waals surface area contributed by atoms with E-state index in [1.54, 1.807) is 4.57 Å². The first-order chi connectivity index (χ1) is 11.8. The van der Waals surface area contributed by atoms with Gasteiger partial charge in [-0.2, -0.15) is 4.98 Å². The van der Waals surface area contributed by atoms with Crippen LogP contribution in [0.2, 0.25) is 0 Å². The lowest BCUT2D eigenvalue weighted by molar-refractivity contribution is 0.667. The van der Waals surface area contributed by atoms with Crippen molar-refractivity contribution in [3.05, 3.63) is 44.1 Å². The number of nitrogens with one attached hydrogen (secondary N) is 1. The zero-order chi connectivity index (χ0) is 18.3. The van der Waals surface area contributed by atoms with Crippen molar-refractivity contribution >= 4 is 28.4 Å². The lowest BCUT2D eigenvalue weighted by Gasteiger charge is -2.18. The number of fused-ring (bicyclic) bond motifs is 2. The average molecular weight is 358 g/mol. The molecule has 0 fully saturated rings. The summed E-state index contributed by atoms with van der Waals surface area (Å²) in [5.41, 5.74) is 8.16. The summed E-state index contributed by atoms with van der Waals surface area (Å²) in [6.45, 7) is 4.84. The fourth-order valence-corrected chi connectivity index (χ4v) is 2.79. The van der Waals surface area contributed by atoms with Gasteiger partial charge >= 0.3 is 5.69 Å². The first-order valence-corrected chi connectivity index (χ1v) is 8.12. The van der Waals surface area contributed by atoms with Gasteiger partial charge in [0.2, 0.25) is 0 Å². The van der Waals surface area contributed by atoms with Gasteiger partial charge in [-0.3, -0.25) is 9.36 Å². The van der Waals surface area contributed by atoms with Crippen LogP contribution in [-0.4, -0.2) is 30.8 Å². The standard InChI is InChI=1S/C16H18N6O2S/c1-8-6-10-11(7-9(8)2)22(5-4-18-15(17)25)13-12(19-10)14(23)21(3)16(24)20-13/h6-7H,4-5H2,1-3H3,(H3,17,18,25). The molecule has 0 aromatic heterocycles. The Hall–Kier alpha value is -2.81. The van der Waals surface area contributed by atoms with E-state index in [-0.39, 0.29) is 16.6 Å². The van der Waals surface area contributed by atoms with Crippen LogP contribution in [0.5, 0.6) is 0 Å². The summed E-state index contributed by atoms with van der Waals surface area (Å²) in [4.78, 5) is 33.0. The van der Waals surface area contributed by atoms with Crippen molar-refractivity contribution in [3.8, 4) is 11.5 Å². The van der Waals surface area contributed by atoms with E-state index in [4.69, 9.17) is 18.0 Å². The minimum Gasteiger partial charge on any atom is -0.376 e. The van der Waals surface area contributed by atoms with Crippen LogP contribution in [0.25, 0.3) is 22.6 Å². The minimum absolute atomic E-state index is 0.160. The number of aryl methyl sites for hydroxylation is 2. The van der Waals surface area contributed by atoms with E-state index in [9.17, 15) is 9.59 Å². The SMILES string of the molecule is Cc1cc2nc3c(=O)n(C)c(=O)nc-3n(CCNC(N)=S)c2cc1C. The number of hydrogen-bond acceptors (Lipinski definition) is 5. The molecule has 0 aliphatic carbocycles. The highest BCUT2D eigenvalue weighted by Gasteiger charge is 2.20. The van der Waals surface area contributed by atoms with Gasteiger partial charge in [0.1, 0.15) is 0 Å². The summed E-state index contributed by atoms with van der Waals surface area (Å²) in [5, 5.41) is 3.05. The zero-order valence-electron chi connectivity index (χ0n) is 14.2. The molecule has 3 N–H and O–H groups in total. The maximum Gasteiger partial charge on any atom is 0.352 e. The largest absolute Gasteiger partial charge is 0.376 e. The average Bonchev–Trinajstić information content (AvgIpc) is 2.55. The van der Waals surface area contributed by atoms with Crippen LogP contribution in [0, 0.1) is 13.8 Å². The maximum atomic E-state index is 12.5. The van der Waals surface area contributed by atoms with Gasteiger partial charge < -0.3 is 15.6 Å². The van der Waals surface area contributed by atoms with E-state index in [0.29, 0.717) is 18.6 Å². The topological polar surface area (TPSA) is 108 Å². The Balaban J connectivity index is 2.36. The van der Waals surface area contributed by atoms with Crippen LogP contribution >= 0.6 is 12.2 Å². The number of rotatable bonds is 3. The molecule has 2 heterocycles. The van der Waals surface area contributed by atoms with E-state index in [0.717, 1.165) is 21.2 Å². The normalized spacial score (nSPS) is 11.2. The molecule has 1 aromatic carbocycles. The monoisotopic (exact) mass is 358 g/mol. The van der Waals surface area contributed by atoms with E-state index in [1.165, 1.54) is 7.05 Å². The highest BCUT2D eigenvalue weighted by atomic mass is 32.1. The lowest BCUT2D eigenvalue weighted by Crippen LogP contribution is -2.37. The third-order valence-corrected chi connectivity index (χ3v) is 4.36. The molecule has 9 heteroatoms. The van der Waals surface area contributed by atoms with E-state index >= 15 is 0 Å². The molecule has 2 aliphatic rings. The van der Waals surface area contributed by atoms with Gasteiger partial charge in [0.15, 0.2) is 16.6 Å². The van der Waals surface area contributed by atoms with Crippen molar-refractivity contribution in [1.82, 2.24) is 24.4 Å². The van der Waals surface area contributed by atoms with Gasteiger partial charge in [0, 0.05) is 20.1 Å². The summed E-state index contributed by atoms with van der Waals surface area (Å²) < 4.78 is 2.76. The lowest BCUT2D eigenvalue weighted by atomic mass is 10.1. The molecule has 0 saturated heterocycles. The summed E-state index contributed by atoms with van der Waals surface area (Å²) >= 11 is 4.83. The third kappa shape index (κ3) is 2.98. The Morgan fingerprint density at radius 1 is 1.24 bits per heavy atom. The van der Waals surface area contributed by atoms with Crippen LogP contribution in [0.15, 0.2) is 21.7 Å². The Bertz CT molecular complexity index is 1080. The number of benzene rings is 1. The highest BCUT2D eigenvalue weighted by Crippen LogP contribution is 2.23. The predicted molar refractivity (Wildman–Crippen MR) is 99.9 cm³/mol. The number of nitrogens with zero attached hydrogens (tertiary/aromatic N) is 4. The first kappa shape index (κ1) is 17.0. The third-order valence-electron chi connectivity index (χ3n) is 4.21. The molecule has 0 bridgehead atoms. The van der Waals surface area contributed by atoms with Gasteiger partial charge in [-0.1, -0.05) is 0 Å². The van der Waals surface area contributed by atoms with Gasteiger partial charge in [-0.15, -0.1) is 0 Å². The molecule has 130 valence electrons. The summed E-state index contributed by atoms with van der Waals surface area (Å²) in [5.74, 6) is 0.258. The minimum atomic E-state index is -0.612. The fourth-order valence-electron chi connectivity index (χ4n) is 2.69. The Morgan fingerprint density at radius 2 is 1.92 bits per heavy atom. The molecule has 0 atom stereocenters. The number of thiocarbonyl (C=S) groups is 1. The second-order valence-corrected chi connectivity index (χ2v) is 6.35. The first-order valence-electron chi connectivity index (χ1n) is 7.71. The Morgan fingerprint density at radius 3 is 2.60 bits per heavy atom. The molecule has 0 radical (unpaired) electrons. The van der Waals surface area contributed by atoms with Crippen molar-refractivity contribution in [2.75, 3.05) is 6.54 Å². The summed E-state index contributed by atoms with van der Waals surface area (Å²) in [7, 11) is 1.39. The van der Waals surface area contributed by atoms with Crippen molar-refractivity contribution in [2.24, 2.45) is 12.8 Å². The van der Waals surface area contributed by atoms with E-state index < -0.39 is 11.2 Å². The van der Waals surface area contributed by atoms with E-state index in [1.807, 2.05) is 26.0 Å². The molecular formula is C16H18N6O2S. The van der Waals surface area contributed by atoms with E-state index in [2.05, 4.69) is 15.3 Å². The van der Waals surface area contributed by atoms with Crippen molar-refractivity contribution in [2.45, 2.75) is 20.4 Å². The second-order valence-electron chi connectivity index (χ2n) is 5.91. The molecule has 1 aromatic rings. The van der Waals surface area contributed by atoms with Gasteiger partial charge in [0.25, 0.3) is 5.56 Å². The predicted octanol–water partition coefficient (Wildman–Crippen LogP) is 0.0450. The fraction of sp³-hybridized carbons (Fsp3) is 0.312. The van der Waals surface area contributed by atoms with Crippen LogP contribution in [0.4, 0.5) is 0 Å². The molecular weight excluding hydrogens is 340 g/mol.